The number of benzene rings is 1. The van der Waals surface area contributed by atoms with Crippen molar-refractivity contribution in [1.29, 1.82) is 0 Å². The minimum Gasteiger partial charge on any atom is -0.478 e. The lowest BCUT2D eigenvalue weighted by atomic mass is 10.1. The van der Waals surface area contributed by atoms with Crippen molar-refractivity contribution in [2.45, 2.75) is 12.5 Å². The van der Waals surface area contributed by atoms with Crippen molar-refractivity contribution < 1.29 is 29.0 Å². The Labute approximate surface area is 142 Å². The fourth-order valence-electron chi connectivity index (χ4n) is 2.10. The first-order chi connectivity index (χ1) is 11.7. The highest BCUT2D eigenvalue weighted by molar-refractivity contribution is 7.49. The molecule has 0 fully saturated rings. The summed E-state index contributed by atoms with van der Waals surface area (Å²) in [4.78, 5) is 45.4. The average molecular weight is 365 g/mol. The third-order valence-corrected chi connectivity index (χ3v) is 3.83. The number of anilines is 1. The normalized spacial score (nSPS) is 12.4. The third kappa shape index (κ3) is 6.09. The number of rotatable bonds is 7. The van der Waals surface area contributed by atoms with Crippen molar-refractivity contribution in [1.82, 2.24) is 10.1 Å². The molecular formula is C15H16N3O6P. The molecule has 2 aromatic rings. The van der Waals surface area contributed by atoms with Crippen LogP contribution in [0.1, 0.15) is 15.9 Å². The number of hydrogen-bond donors (Lipinski definition) is 5. The zero-order valence-electron chi connectivity index (χ0n) is 12.9. The number of aromatic carboxylic acids is 1. The average Bonchev–Trinajstić information content (AvgIpc) is 2.54. The summed E-state index contributed by atoms with van der Waals surface area (Å²) < 4.78 is 11.2. The van der Waals surface area contributed by atoms with Gasteiger partial charge in [-0.3, -0.25) is 4.79 Å². The van der Waals surface area contributed by atoms with E-state index in [4.69, 9.17) is 14.9 Å². The van der Waals surface area contributed by atoms with Crippen LogP contribution in [-0.4, -0.2) is 37.8 Å². The highest BCUT2D eigenvalue weighted by atomic mass is 31.2. The molecule has 1 aromatic carbocycles. The maximum atomic E-state index is 12.4. The Balaban J connectivity index is 2.18. The van der Waals surface area contributed by atoms with E-state index in [1.54, 1.807) is 30.3 Å². The molecule has 2 rings (SSSR count). The molecule has 1 aromatic heterocycles. The number of carboxylic acids is 1. The monoisotopic (exact) mass is 365 g/mol. The Bertz CT molecular complexity index is 808. The number of carboxylic acid groups (broad SMARTS) is 1. The molecule has 132 valence electrons. The van der Waals surface area contributed by atoms with Crippen LogP contribution >= 0.6 is 7.75 Å². The Kier molecular flexibility index (Phi) is 6.00. The second-order valence-corrected chi connectivity index (χ2v) is 6.49. The lowest BCUT2D eigenvalue weighted by Crippen LogP contribution is -2.40. The molecule has 0 saturated carbocycles. The van der Waals surface area contributed by atoms with E-state index in [9.17, 15) is 14.2 Å². The molecule has 0 aliphatic heterocycles. The maximum absolute atomic E-state index is 12.4. The second kappa shape index (κ2) is 8.00. The summed E-state index contributed by atoms with van der Waals surface area (Å²) in [5, 5.41) is 13.3. The summed E-state index contributed by atoms with van der Waals surface area (Å²) in [6, 6.07) is 9.84. The highest BCUT2D eigenvalue weighted by Crippen LogP contribution is 2.30. The molecule has 1 unspecified atom stereocenters. The minimum atomic E-state index is -4.67. The lowest BCUT2D eigenvalue weighted by Gasteiger charge is -2.19. The number of carbonyl (C=O) groups excluding carboxylic acids is 1. The Hall–Kier alpha value is -2.58. The van der Waals surface area contributed by atoms with Crippen molar-refractivity contribution in [2.24, 2.45) is 0 Å². The molecule has 1 atom stereocenters. The quantitative estimate of drug-likeness (QED) is 0.457. The van der Waals surface area contributed by atoms with Gasteiger partial charge in [0.15, 0.2) is 0 Å². The summed E-state index contributed by atoms with van der Waals surface area (Å²) in [5.74, 6) is -1.97. The first-order valence-corrected chi connectivity index (χ1v) is 8.73. The fourth-order valence-corrected chi connectivity index (χ4v) is 2.71. The zero-order valence-corrected chi connectivity index (χ0v) is 13.8. The lowest BCUT2D eigenvalue weighted by molar-refractivity contribution is -0.117. The number of nitrogens with zero attached hydrogens (tertiary/aromatic N) is 1. The summed E-state index contributed by atoms with van der Waals surface area (Å²) in [6.45, 7) is 0. The summed E-state index contributed by atoms with van der Waals surface area (Å²) in [6.07, 6.45) is 1.23. The molecular weight excluding hydrogens is 349 g/mol. The van der Waals surface area contributed by atoms with E-state index in [0.717, 1.165) is 6.07 Å². The zero-order chi connectivity index (χ0) is 18.4. The van der Waals surface area contributed by atoms with Crippen molar-refractivity contribution in [2.75, 3.05) is 5.32 Å². The van der Waals surface area contributed by atoms with E-state index in [1.807, 2.05) is 5.09 Å². The number of aromatic nitrogens is 1. The van der Waals surface area contributed by atoms with Gasteiger partial charge in [0.1, 0.15) is 11.9 Å². The van der Waals surface area contributed by atoms with Gasteiger partial charge in [-0.2, -0.15) is 0 Å². The first kappa shape index (κ1) is 18.8. The van der Waals surface area contributed by atoms with Crippen molar-refractivity contribution in [3.8, 4) is 0 Å². The van der Waals surface area contributed by atoms with Crippen LogP contribution in [0.3, 0.4) is 0 Å². The van der Waals surface area contributed by atoms with Gasteiger partial charge < -0.3 is 20.2 Å². The van der Waals surface area contributed by atoms with Crippen LogP contribution in [-0.2, 0) is 15.8 Å². The number of pyridine rings is 1. The molecule has 5 N–H and O–H groups in total. The number of nitrogens with one attached hydrogen (secondary N) is 2. The maximum Gasteiger partial charge on any atom is 0.401 e. The van der Waals surface area contributed by atoms with Crippen LogP contribution in [0.2, 0.25) is 0 Å². The molecule has 0 bridgehead atoms. The molecule has 25 heavy (non-hydrogen) atoms. The summed E-state index contributed by atoms with van der Waals surface area (Å²) in [7, 11) is -4.67. The molecule has 0 aliphatic rings. The van der Waals surface area contributed by atoms with E-state index in [1.165, 1.54) is 12.3 Å². The van der Waals surface area contributed by atoms with Gasteiger partial charge in [0, 0.05) is 6.20 Å². The van der Waals surface area contributed by atoms with Crippen LogP contribution in [0.4, 0.5) is 5.82 Å². The molecule has 0 spiro atoms. The minimum absolute atomic E-state index is 0.0242. The molecule has 0 saturated heterocycles. The predicted octanol–water partition coefficient (Wildman–Crippen LogP) is 1.01. The Morgan fingerprint density at radius 3 is 2.44 bits per heavy atom. The molecule has 1 heterocycles. The summed E-state index contributed by atoms with van der Waals surface area (Å²) >= 11 is 0. The standard InChI is InChI=1S/C15H16N3O6P/c19-14(17-13-9-11(15(20)21)6-7-16-13)12(18-25(22,23)24)8-10-4-2-1-3-5-10/h1-7,9,12H,8H2,(H,20,21)(H,16,17,19)(H3,18,22,23,24). The number of hydrogen-bond acceptors (Lipinski definition) is 4. The molecule has 1 amide bonds. The van der Waals surface area contributed by atoms with Gasteiger partial charge >= 0.3 is 13.7 Å². The van der Waals surface area contributed by atoms with Crippen LogP contribution < -0.4 is 10.4 Å². The topological polar surface area (TPSA) is 149 Å². The van der Waals surface area contributed by atoms with Crippen molar-refractivity contribution in [3.05, 3.63) is 59.8 Å². The van der Waals surface area contributed by atoms with Crippen molar-refractivity contribution in [3.63, 3.8) is 0 Å². The van der Waals surface area contributed by atoms with Gasteiger partial charge in [-0.1, -0.05) is 30.3 Å². The van der Waals surface area contributed by atoms with E-state index in [0.29, 0.717) is 5.56 Å². The van der Waals surface area contributed by atoms with Gasteiger partial charge in [-0.05, 0) is 24.1 Å². The molecule has 9 nitrogen and oxygen atoms in total. The second-order valence-electron chi connectivity index (χ2n) is 5.14. The largest absolute Gasteiger partial charge is 0.478 e. The van der Waals surface area contributed by atoms with Crippen molar-refractivity contribution >= 4 is 25.4 Å². The van der Waals surface area contributed by atoms with Gasteiger partial charge in [-0.25, -0.2) is 19.4 Å². The van der Waals surface area contributed by atoms with E-state index in [-0.39, 0.29) is 17.8 Å². The highest BCUT2D eigenvalue weighted by Gasteiger charge is 2.27. The van der Waals surface area contributed by atoms with E-state index < -0.39 is 25.7 Å². The Morgan fingerprint density at radius 2 is 1.84 bits per heavy atom. The SMILES string of the molecule is O=C(O)c1ccnc(NC(=O)C(Cc2ccccc2)NP(=O)(O)O)c1. The molecule has 10 heteroatoms. The smallest absolute Gasteiger partial charge is 0.401 e. The van der Waals surface area contributed by atoms with Crippen LogP contribution in [0, 0.1) is 0 Å². The fraction of sp³-hybridized carbons (Fsp3) is 0.133. The van der Waals surface area contributed by atoms with Gasteiger partial charge in [0.25, 0.3) is 0 Å². The number of amides is 1. The van der Waals surface area contributed by atoms with Crippen LogP contribution in [0.15, 0.2) is 48.7 Å². The number of carbonyl (C=O) groups is 2. The van der Waals surface area contributed by atoms with Gasteiger partial charge in [-0.15, -0.1) is 0 Å². The van der Waals surface area contributed by atoms with Gasteiger partial charge in [0.05, 0.1) is 5.56 Å². The van der Waals surface area contributed by atoms with Crippen LogP contribution in [0.5, 0.6) is 0 Å². The summed E-state index contributed by atoms with van der Waals surface area (Å²) in [5.41, 5.74) is 0.615. The van der Waals surface area contributed by atoms with Crippen LogP contribution in [0.25, 0.3) is 0 Å². The molecule has 0 radical (unpaired) electrons. The van der Waals surface area contributed by atoms with Gasteiger partial charge in [0.2, 0.25) is 5.91 Å². The predicted molar refractivity (Wildman–Crippen MR) is 88.9 cm³/mol. The van der Waals surface area contributed by atoms with E-state index >= 15 is 0 Å². The Morgan fingerprint density at radius 1 is 1.16 bits per heavy atom. The molecule has 0 aliphatic carbocycles. The third-order valence-electron chi connectivity index (χ3n) is 3.18. The first-order valence-electron chi connectivity index (χ1n) is 7.12. The van der Waals surface area contributed by atoms with E-state index in [2.05, 4.69) is 10.3 Å².